The van der Waals surface area contributed by atoms with Gasteiger partial charge in [-0.2, -0.15) is 0 Å². The highest BCUT2D eigenvalue weighted by atomic mass is 79.9. The van der Waals surface area contributed by atoms with Gasteiger partial charge in [0.2, 0.25) is 8.32 Å². The van der Waals surface area contributed by atoms with Crippen molar-refractivity contribution in [2.75, 3.05) is 13.1 Å². The van der Waals surface area contributed by atoms with Gasteiger partial charge in [0, 0.05) is 10.5 Å². The highest BCUT2D eigenvalue weighted by molar-refractivity contribution is 9.11. The minimum Gasteiger partial charge on any atom is -0.549 e. The largest absolute Gasteiger partial charge is 0.549 e. The highest BCUT2D eigenvalue weighted by Gasteiger charge is 2.20. The summed E-state index contributed by atoms with van der Waals surface area (Å²) >= 11 is 3.65. The number of hydrogen-bond donors (Lipinski definition) is 0. The Balaban J connectivity index is 2.48. The van der Waals surface area contributed by atoms with Crippen molar-refractivity contribution in [1.29, 1.82) is 0 Å². The maximum absolute atomic E-state index is 5.81. The first-order chi connectivity index (χ1) is 7.40. The molecular weight excluding hydrogens is 282 g/mol. The van der Waals surface area contributed by atoms with Gasteiger partial charge in [-0.05, 0) is 52.5 Å². The smallest absolute Gasteiger partial charge is 0.241 e. The second-order valence-electron chi connectivity index (χ2n) is 5.51. The lowest BCUT2D eigenvalue weighted by Crippen LogP contribution is -2.37. The van der Waals surface area contributed by atoms with Crippen LogP contribution in [-0.4, -0.2) is 32.3 Å². The van der Waals surface area contributed by atoms with E-state index in [0.29, 0.717) is 6.04 Å². The third kappa shape index (κ3) is 5.02. The molecule has 1 aliphatic heterocycles. The molecule has 94 valence electrons. The lowest BCUT2D eigenvalue weighted by Gasteiger charge is -2.32. The van der Waals surface area contributed by atoms with E-state index in [4.69, 9.17) is 4.43 Å². The monoisotopic (exact) mass is 305 g/mol. The Morgan fingerprint density at radius 3 is 2.31 bits per heavy atom. The van der Waals surface area contributed by atoms with Crippen molar-refractivity contribution in [2.24, 2.45) is 0 Å². The van der Waals surface area contributed by atoms with Gasteiger partial charge >= 0.3 is 0 Å². The van der Waals surface area contributed by atoms with Crippen LogP contribution >= 0.6 is 15.9 Å². The van der Waals surface area contributed by atoms with Crippen molar-refractivity contribution < 1.29 is 4.43 Å². The minimum atomic E-state index is -1.44. The third-order valence-corrected chi connectivity index (χ3v) is 4.54. The zero-order valence-corrected chi connectivity index (χ0v) is 13.5. The van der Waals surface area contributed by atoms with Crippen LogP contribution in [0.15, 0.2) is 10.7 Å². The Labute approximate surface area is 109 Å². The molecule has 0 saturated carbocycles. The molecule has 1 heterocycles. The first-order valence-electron chi connectivity index (χ1n) is 6.17. The van der Waals surface area contributed by atoms with E-state index in [1.807, 2.05) is 6.26 Å². The van der Waals surface area contributed by atoms with Crippen molar-refractivity contribution in [3.63, 3.8) is 0 Å². The lowest BCUT2D eigenvalue weighted by atomic mass is 10.1. The second-order valence-corrected chi connectivity index (χ2v) is 10.9. The van der Waals surface area contributed by atoms with Crippen molar-refractivity contribution in [1.82, 2.24) is 4.90 Å². The number of piperidine rings is 1. The number of rotatable bonds is 4. The number of hydrogen-bond acceptors (Lipinski definition) is 2. The molecule has 0 bridgehead atoms. The predicted molar refractivity (Wildman–Crippen MR) is 76.3 cm³/mol. The lowest BCUT2D eigenvalue weighted by molar-refractivity contribution is 0.198. The zero-order chi connectivity index (χ0) is 12.2. The van der Waals surface area contributed by atoms with Gasteiger partial charge in [0.1, 0.15) is 0 Å². The van der Waals surface area contributed by atoms with E-state index in [-0.39, 0.29) is 0 Å². The second kappa shape index (κ2) is 6.22. The zero-order valence-electron chi connectivity index (χ0n) is 10.9. The van der Waals surface area contributed by atoms with E-state index in [9.17, 15) is 0 Å². The first kappa shape index (κ1) is 14.3. The Morgan fingerprint density at radius 1 is 1.25 bits per heavy atom. The summed E-state index contributed by atoms with van der Waals surface area (Å²) in [6.07, 6.45) is 5.97. The van der Waals surface area contributed by atoms with Crippen molar-refractivity contribution in [3.05, 3.63) is 10.7 Å². The Morgan fingerprint density at radius 2 is 1.81 bits per heavy atom. The van der Waals surface area contributed by atoms with E-state index in [1.54, 1.807) is 0 Å². The number of nitrogens with zero attached hydrogens (tertiary/aromatic N) is 1. The molecule has 1 fully saturated rings. The van der Waals surface area contributed by atoms with Gasteiger partial charge in [-0.3, -0.25) is 4.90 Å². The van der Waals surface area contributed by atoms with E-state index >= 15 is 0 Å². The normalized spacial score (nSPS) is 21.9. The van der Waals surface area contributed by atoms with Crippen LogP contribution in [0.25, 0.3) is 0 Å². The average molecular weight is 306 g/mol. The van der Waals surface area contributed by atoms with Gasteiger partial charge in [-0.15, -0.1) is 0 Å². The fourth-order valence-corrected chi connectivity index (χ4v) is 2.85. The van der Waals surface area contributed by atoms with Crippen LogP contribution < -0.4 is 0 Å². The molecule has 0 aromatic heterocycles. The molecule has 4 heteroatoms. The van der Waals surface area contributed by atoms with Crippen LogP contribution in [0.5, 0.6) is 0 Å². The molecule has 2 nitrogen and oxygen atoms in total. The van der Waals surface area contributed by atoms with E-state index < -0.39 is 8.32 Å². The van der Waals surface area contributed by atoms with E-state index in [1.165, 1.54) is 36.8 Å². The standard InChI is InChI=1S/C12H24BrNOSi/c1-11(14-8-6-5-7-9-14)12(13)10-15-16(2,3)4/h10-11H,5-9H2,1-4H3/b12-10-. The van der Waals surface area contributed by atoms with Gasteiger partial charge in [-0.1, -0.05) is 22.4 Å². The van der Waals surface area contributed by atoms with Crippen LogP contribution in [0.4, 0.5) is 0 Å². The number of halogens is 1. The van der Waals surface area contributed by atoms with Crippen molar-refractivity contribution in [3.8, 4) is 0 Å². The van der Waals surface area contributed by atoms with Gasteiger partial charge in [-0.25, -0.2) is 0 Å². The van der Waals surface area contributed by atoms with E-state index in [2.05, 4.69) is 47.4 Å². The third-order valence-electron chi connectivity index (χ3n) is 2.86. The van der Waals surface area contributed by atoms with Crippen LogP contribution in [0.1, 0.15) is 26.2 Å². The van der Waals surface area contributed by atoms with Crippen LogP contribution in [0.2, 0.25) is 19.6 Å². The molecule has 0 amide bonds. The first-order valence-corrected chi connectivity index (χ1v) is 10.4. The minimum absolute atomic E-state index is 0.455. The van der Waals surface area contributed by atoms with E-state index in [0.717, 1.165) is 0 Å². The summed E-state index contributed by atoms with van der Waals surface area (Å²) in [6.45, 7) is 11.3. The van der Waals surface area contributed by atoms with Crippen LogP contribution in [0, 0.1) is 0 Å². The Bertz CT molecular complexity index is 244. The maximum Gasteiger partial charge on any atom is 0.241 e. The molecule has 0 N–H and O–H groups in total. The molecular formula is C12H24BrNOSi. The topological polar surface area (TPSA) is 12.5 Å². The molecule has 1 unspecified atom stereocenters. The van der Waals surface area contributed by atoms with Gasteiger partial charge in [0.05, 0.1) is 6.26 Å². The summed E-state index contributed by atoms with van der Waals surface area (Å²) in [4.78, 5) is 2.53. The van der Waals surface area contributed by atoms with Gasteiger partial charge in [0.25, 0.3) is 0 Å². The highest BCUT2D eigenvalue weighted by Crippen LogP contribution is 2.21. The maximum atomic E-state index is 5.81. The predicted octanol–water partition coefficient (Wildman–Crippen LogP) is 3.95. The van der Waals surface area contributed by atoms with Crippen LogP contribution in [0.3, 0.4) is 0 Å². The molecule has 16 heavy (non-hydrogen) atoms. The molecule has 0 aromatic carbocycles. The molecule has 0 aromatic rings. The average Bonchev–Trinajstić information content (AvgIpc) is 2.25. The summed E-state index contributed by atoms with van der Waals surface area (Å²) in [6, 6.07) is 0.455. The summed E-state index contributed by atoms with van der Waals surface area (Å²) in [7, 11) is -1.44. The SMILES string of the molecule is CC(/C(Br)=C/O[Si](C)(C)C)N1CCCCC1. The fraction of sp³-hybridized carbons (Fsp3) is 0.833. The molecule has 0 spiro atoms. The van der Waals surface area contributed by atoms with Crippen molar-refractivity contribution >= 4 is 24.2 Å². The van der Waals surface area contributed by atoms with Crippen molar-refractivity contribution in [2.45, 2.75) is 51.9 Å². The molecule has 0 aliphatic carbocycles. The summed E-state index contributed by atoms with van der Waals surface area (Å²) < 4.78 is 6.98. The summed E-state index contributed by atoms with van der Waals surface area (Å²) in [5, 5.41) is 0. The molecule has 1 saturated heterocycles. The summed E-state index contributed by atoms with van der Waals surface area (Å²) in [5.41, 5.74) is 0. The molecule has 0 radical (unpaired) electrons. The van der Waals surface area contributed by atoms with Gasteiger partial charge < -0.3 is 4.43 Å². The quantitative estimate of drug-likeness (QED) is 0.576. The fourth-order valence-electron chi connectivity index (χ4n) is 1.81. The molecule has 1 atom stereocenters. The Kier molecular flexibility index (Phi) is 5.54. The molecule has 1 aliphatic rings. The van der Waals surface area contributed by atoms with Crippen LogP contribution in [-0.2, 0) is 4.43 Å². The molecule has 1 rings (SSSR count). The number of likely N-dealkylation sites (tertiary alicyclic amines) is 1. The van der Waals surface area contributed by atoms with Gasteiger partial charge in [0.15, 0.2) is 0 Å². The summed E-state index contributed by atoms with van der Waals surface area (Å²) in [5.74, 6) is 0. The Hall–Kier alpha value is 0.197.